The number of hydrogen-bond acceptors (Lipinski definition) is 2. The Hall–Kier alpha value is -2.00. The molecular formula is C15H9FOS. The Morgan fingerprint density at radius 1 is 1.11 bits per heavy atom. The van der Waals surface area contributed by atoms with E-state index < -0.39 is 5.82 Å². The van der Waals surface area contributed by atoms with E-state index in [1.807, 2.05) is 29.6 Å². The molecule has 3 heteroatoms. The van der Waals surface area contributed by atoms with Gasteiger partial charge >= 0.3 is 0 Å². The van der Waals surface area contributed by atoms with Crippen LogP contribution in [0.2, 0.25) is 0 Å². The third-order valence-corrected chi connectivity index (χ3v) is 3.88. The van der Waals surface area contributed by atoms with Crippen LogP contribution in [-0.4, -0.2) is 6.29 Å². The van der Waals surface area contributed by atoms with Gasteiger partial charge < -0.3 is 0 Å². The van der Waals surface area contributed by atoms with Crippen LogP contribution in [0.15, 0.2) is 47.8 Å². The highest BCUT2D eigenvalue weighted by Crippen LogP contribution is 2.32. The molecule has 0 N–H and O–H groups in total. The van der Waals surface area contributed by atoms with Crippen molar-refractivity contribution < 1.29 is 9.18 Å². The summed E-state index contributed by atoms with van der Waals surface area (Å²) in [6, 6.07) is 12.7. The molecule has 0 aliphatic heterocycles. The molecule has 0 radical (unpaired) electrons. The normalized spacial score (nSPS) is 10.7. The maximum absolute atomic E-state index is 13.6. The van der Waals surface area contributed by atoms with Crippen molar-refractivity contribution in [3.63, 3.8) is 0 Å². The van der Waals surface area contributed by atoms with Gasteiger partial charge in [0.2, 0.25) is 0 Å². The Balaban J connectivity index is 2.23. The molecule has 0 amide bonds. The van der Waals surface area contributed by atoms with Crippen molar-refractivity contribution in [1.29, 1.82) is 0 Å². The van der Waals surface area contributed by atoms with Crippen LogP contribution in [0.1, 0.15) is 10.4 Å². The van der Waals surface area contributed by atoms with Crippen LogP contribution in [-0.2, 0) is 0 Å². The monoisotopic (exact) mass is 256 g/mol. The average molecular weight is 256 g/mol. The Labute approximate surface area is 108 Å². The standard InChI is InChI=1S/C15H9FOS/c16-14-8-11(4-5-12(14)9-17)13-3-1-2-10-6-7-18-15(10)13/h1-9H. The van der Waals surface area contributed by atoms with Gasteiger partial charge in [-0.05, 0) is 40.1 Å². The largest absolute Gasteiger partial charge is 0.298 e. The summed E-state index contributed by atoms with van der Waals surface area (Å²) < 4.78 is 14.8. The Bertz CT molecular complexity index is 730. The highest BCUT2D eigenvalue weighted by molar-refractivity contribution is 7.17. The molecule has 0 bridgehead atoms. The molecule has 1 aromatic heterocycles. The second-order valence-electron chi connectivity index (χ2n) is 4.00. The summed E-state index contributed by atoms with van der Waals surface area (Å²) in [5.41, 5.74) is 1.89. The quantitative estimate of drug-likeness (QED) is 0.616. The second kappa shape index (κ2) is 4.35. The van der Waals surface area contributed by atoms with Gasteiger partial charge in [0.1, 0.15) is 5.82 Å². The van der Waals surface area contributed by atoms with Gasteiger partial charge in [0, 0.05) is 4.70 Å². The van der Waals surface area contributed by atoms with Crippen LogP contribution in [0.5, 0.6) is 0 Å². The number of benzene rings is 2. The predicted molar refractivity (Wildman–Crippen MR) is 72.6 cm³/mol. The topological polar surface area (TPSA) is 17.1 Å². The maximum Gasteiger partial charge on any atom is 0.152 e. The molecule has 1 heterocycles. The molecule has 0 spiro atoms. The van der Waals surface area contributed by atoms with E-state index in [-0.39, 0.29) is 5.56 Å². The number of carbonyl (C=O) groups excluding carboxylic acids is 1. The number of halogens is 1. The van der Waals surface area contributed by atoms with Crippen molar-refractivity contribution >= 4 is 27.7 Å². The number of fused-ring (bicyclic) bond motifs is 1. The lowest BCUT2D eigenvalue weighted by Crippen LogP contribution is -1.88. The first-order chi connectivity index (χ1) is 8.79. The fourth-order valence-corrected chi connectivity index (χ4v) is 2.95. The van der Waals surface area contributed by atoms with Gasteiger partial charge in [-0.1, -0.05) is 24.3 Å². The van der Waals surface area contributed by atoms with Gasteiger partial charge in [0.15, 0.2) is 6.29 Å². The lowest BCUT2D eigenvalue weighted by atomic mass is 10.0. The highest BCUT2D eigenvalue weighted by Gasteiger charge is 2.08. The number of rotatable bonds is 2. The van der Waals surface area contributed by atoms with Crippen molar-refractivity contribution in [2.45, 2.75) is 0 Å². The summed E-state index contributed by atoms with van der Waals surface area (Å²) in [7, 11) is 0. The molecule has 3 rings (SSSR count). The minimum absolute atomic E-state index is 0.0945. The Morgan fingerprint density at radius 2 is 2.00 bits per heavy atom. The van der Waals surface area contributed by atoms with E-state index in [4.69, 9.17) is 0 Å². The summed E-state index contributed by atoms with van der Waals surface area (Å²) in [6.45, 7) is 0. The molecule has 0 unspecified atom stereocenters. The molecule has 0 atom stereocenters. The fraction of sp³-hybridized carbons (Fsp3) is 0. The van der Waals surface area contributed by atoms with E-state index >= 15 is 0 Å². The predicted octanol–water partition coefficient (Wildman–Crippen LogP) is 4.52. The fourth-order valence-electron chi connectivity index (χ4n) is 2.01. The van der Waals surface area contributed by atoms with Gasteiger partial charge in [0.25, 0.3) is 0 Å². The minimum Gasteiger partial charge on any atom is -0.298 e. The van der Waals surface area contributed by atoms with Gasteiger partial charge in [-0.2, -0.15) is 0 Å². The first kappa shape index (κ1) is 11.1. The molecule has 3 aromatic rings. The third kappa shape index (κ3) is 1.73. The van der Waals surface area contributed by atoms with Gasteiger partial charge in [-0.3, -0.25) is 4.79 Å². The van der Waals surface area contributed by atoms with E-state index in [0.29, 0.717) is 6.29 Å². The van der Waals surface area contributed by atoms with Crippen LogP contribution in [0, 0.1) is 5.82 Å². The molecular weight excluding hydrogens is 247 g/mol. The zero-order chi connectivity index (χ0) is 12.5. The number of thiophene rings is 1. The average Bonchev–Trinajstić information content (AvgIpc) is 2.86. The van der Waals surface area contributed by atoms with Crippen LogP contribution in [0.3, 0.4) is 0 Å². The molecule has 1 nitrogen and oxygen atoms in total. The van der Waals surface area contributed by atoms with Crippen molar-refractivity contribution in [3.8, 4) is 11.1 Å². The van der Waals surface area contributed by atoms with E-state index in [9.17, 15) is 9.18 Å². The van der Waals surface area contributed by atoms with E-state index in [0.717, 1.165) is 21.2 Å². The van der Waals surface area contributed by atoms with Gasteiger partial charge in [0.05, 0.1) is 5.56 Å². The van der Waals surface area contributed by atoms with Crippen LogP contribution < -0.4 is 0 Å². The molecule has 2 aromatic carbocycles. The van der Waals surface area contributed by atoms with E-state index in [1.54, 1.807) is 17.4 Å². The van der Waals surface area contributed by atoms with Crippen molar-refractivity contribution in [3.05, 3.63) is 59.2 Å². The number of carbonyl (C=O) groups is 1. The van der Waals surface area contributed by atoms with Crippen molar-refractivity contribution in [2.24, 2.45) is 0 Å². The SMILES string of the molecule is O=Cc1ccc(-c2cccc3ccsc23)cc1F. The summed E-state index contributed by atoms with van der Waals surface area (Å²) in [5, 5.41) is 3.17. The van der Waals surface area contributed by atoms with Crippen LogP contribution >= 0.6 is 11.3 Å². The lowest BCUT2D eigenvalue weighted by Gasteiger charge is -2.04. The van der Waals surface area contributed by atoms with Crippen molar-refractivity contribution in [1.82, 2.24) is 0 Å². The molecule has 0 aliphatic carbocycles. The third-order valence-electron chi connectivity index (χ3n) is 2.92. The molecule has 0 aliphatic rings. The first-order valence-electron chi connectivity index (χ1n) is 5.51. The Kier molecular flexibility index (Phi) is 2.68. The van der Waals surface area contributed by atoms with Crippen LogP contribution in [0.25, 0.3) is 21.2 Å². The lowest BCUT2D eigenvalue weighted by molar-refractivity contribution is 0.112. The minimum atomic E-state index is -0.476. The molecule has 18 heavy (non-hydrogen) atoms. The van der Waals surface area contributed by atoms with Crippen LogP contribution in [0.4, 0.5) is 4.39 Å². The first-order valence-corrected chi connectivity index (χ1v) is 6.39. The van der Waals surface area contributed by atoms with E-state index in [2.05, 4.69) is 0 Å². The second-order valence-corrected chi connectivity index (χ2v) is 4.91. The molecule has 0 saturated heterocycles. The summed E-state index contributed by atoms with van der Waals surface area (Å²) in [4.78, 5) is 10.6. The van der Waals surface area contributed by atoms with Crippen molar-refractivity contribution in [2.75, 3.05) is 0 Å². The summed E-state index contributed by atoms with van der Waals surface area (Å²) >= 11 is 1.63. The zero-order valence-corrected chi connectivity index (χ0v) is 10.2. The molecule has 0 fully saturated rings. The molecule has 0 saturated carbocycles. The summed E-state index contributed by atoms with van der Waals surface area (Å²) in [6.07, 6.45) is 0.533. The molecule has 88 valence electrons. The zero-order valence-electron chi connectivity index (χ0n) is 9.39. The number of hydrogen-bond donors (Lipinski definition) is 0. The summed E-state index contributed by atoms with van der Waals surface area (Å²) in [5.74, 6) is -0.476. The van der Waals surface area contributed by atoms with Gasteiger partial charge in [-0.25, -0.2) is 4.39 Å². The number of aldehydes is 1. The maximum atomic E-state index is 13.6. The van der Waals surface area contributed by atoms with Gasteiger partial charge in [-0.15, -0.1) is 11.3 Å². The Morgan fingerprint density at radius 3 is 2.78 bits per heavy atom. The highest BCUT2D eigenvalue weighted by atomic mass is 32.1. The van der Waals surface area contributed by atoms with E-state index in [1.165, 1.54) is 12.1 Å². The smallest absolute Gasteiger partial charge is 0.152 e.